The maximum Gasteiger partial charge on any atom is 0.573 e. The maximum atomic E-state index is 12.4. The van der Waals surface area contributed by atoms with Gasteiger partial charge in [0.05, 0.1) is 18.8 Å². The van der Waals surface area contributed by atoms with Crippen molar-refractivity contribution < 1.29 is 22.6 Å². The zero-order chi connectivity index (χ0) is 15.2. The predicted octanol–water partition coefficient (Wildman–Crippen LogP) is 3.66. The third kappa shape index (κ3) is 5.79. The Balaban J connectivity index is 2.94. The van der Waals surface area contributed by atoms with Crippen LogP contribution in [-0.2, 0) is 4.74 Å². The molecule has 0 radical (unpaired) electrons. The normalized spacial score (nSPS) is 13.6. The van der Waals surface area contributed by atoms with Crippen molar-refractivity contribution >= 4 is 0 Å². The fraction of sp³-hybridized carbons (Fsp3) is 0.571. The van der Waals surface area contributed by atoms with Gasteiger partial charge in [-0.1, -0.05) is 25.1 Å². The second kappa shape index (κ2) is 7.50. The topological polar surface area (TPSA) is 30.5 Å². The minimum Gasteiger partial charge on any atom is -0.405 e. The van der Waals surface area contributed by atoms with E-state index in [-0.39, 0.29) is 24.5 Å². The van der Waals surface area contributed by atoms with E-state index in [1.54, 1.807) is 12.1 Å². The van der Waals surface area contributed by atoms with Gasteiger partial charge < -0.3 is 14.8 Å². The fourth-order valence-corrected chi connectivity index (χ4v) is 1.78. The van der Waals surface area contributed by atoms with Crippen LogP contribution in [-0.4, -0.2) is 25.6 Å². The van der Waals surface area contributed by atoms with Gasteiger partial charge in [0.15, 0.2) is 0 Å². The van der Waals surface area contributed by atoms with E-state index in [1.165, 1.54) is 12.1 Å². The molecule has 20 heavy (non-hydrogen) atoms. The summed E-state index contributed by atoms with van der Waals surface area (Å²) >= 11 is 0. The van der Waals surface area contributed by atoms with E-state index in [0.717, 1.165) is 0 Å². The Labute approximate surface area is 117 Å². The SMILES string of the molecule is CCNC(COC(C)C)c1ccccc1OC(F)(F)F. The zero-order valence-corrected chi connectivity index (χ0v) is 11.8. The molecule has 114 valence electrons. The van der Waals surface area contributed by atoms with Gasteiger partial charge in [-0.15, -0.1) is 13.2 Å². The number of halogens is 3. The van der Waals surface area contributed by atoms with Crippen LogP contribution in [0.4, 0.5) is 13.2 Å². The van der Waals surface area contributed by atoms with Gasteiger partial charge in [0, 0.05) is 5.56 Å². The Hall–Kier alpha value is -1.27. The molecule has 0 saturated heterocycles. The lowest BCUT2D eigenvalue weighted by Crippen LogP contribution is -2.28. The average molecular weight is 291 g/mol. The molecule has 1 unspecified atom stereocenters. The molecule has 0 heterocycles. The van der Waals surface area contributed by atoms with Crippen molar-refractivity contribution in [2.75, 3.05) is 13.2 Å². The summed E-state index contributed by atoms with van der Waals surface area (Å²) < 4.78 is 46.8. The smallest absolute Gasteiger partial charge is 0.405 e. The second-order valence-electron chi connectivity index (χ2n) is 4.58. The largest absolute Gasteiger partial charge is 0.573 e. The van der Waals surface area contributed by atoms with Gasteiger partial charge in [0.25, 0.3) is 0 Å². The molecule has 0 aliphatic carbocycles. The van der Waals surface area contributed by atoms with Gasteiger partial charge in [-0.3, -0.25) is 0 Å². The van der Waals surface area contributed by atoms with E-state index in [4.69, 9.17) is 4.74 Å². The highest BCUT2D eigenvalue weighted by Crippen LogP contribution is 2.30. The summed E-state index contributed by atoms with van der Waals surface area (Å²) in [6.45, 7) is 6.54. The molecular weight excluding hydrogens is 271 g/mol. The summed E-state index contributed by atoms with van der Waals surface area (Å²) in [7, 11) is 0. The number of hydrogen-bond acceptors (Lipinski definition) is 3. The molecule has 0 aliphatic rings. The van der Waals surface area contributed by atoms with Crippen LogP contribution in [0.3, 0.4) is 0 Å². The fourth-order valence-electron chi connectivity index (χ4n) is 1.78. The molecule has 1 aromatic rings. The first-order valence-corrected chi connectivity index (χ1v) is 6.53. The summed E-state index contributed by atoms with van der Waals surface area (Å²) in [4.78, 5) is 0. The van der Waals surface area contributed by atoms with Crippen molar-refractivity contribution in [3.05, 3.63) is 29.8 Å². The monoisotopic (exact) mass is 291 g/mol. The highest BCUT2D eigenvalue weighted by Gasteiger charge is 2.32. The summed E-state index contributed by atoms with van der Waals surface area (Å²) in [6.07, 6.45) is -4.70. The molecule has 1 atom stereocenters. The van der Waals surface area contributed by atoms with Crippen LogP contribution in [0.1, 0.15) is 32.4 Å². The van der Waals surface area contributed by atoms with E-state index in [1.807, 2.05) is 20.8 Å². The molecule has 1 rings (SSSR count). The van der Waals surface area contributed by atoms with Crippen LogP contribution in [0, 0.1) is 0 Å². The number of hydrogen-bond donors (Lipinski definition) is 1. The predicted molar refractivity (Wildman–Crippen MR) is 70.6 cm³/mol. The molecule has 0 fully saturated rings. The van der Waals surface area contributed by atoms with Crippen LogP contribution >= 0.6 is 0 Å². The van der Waals surface area contributed by atoms with E-state index < -0.39 is 6.36 Å². The van der Waals surface area contributed by atoms with Gasteiger partial charge in [0.1, 0.15) is 5.75 Å². The van der Waals surface area contributed by atoms with Crippen LogP contribution in [0.5, 0.6) is 5.75 Å². The van der Waals surface area contributed by atoms with Crippen molar-refractivity contribution in [3.63, 3.8) is 0 Å². The molecular formula is C14H20F3NO2. The lowest BCUT2D eigenvalue weighted by Gasteiger charge is -2.22. The number of alkyl halides is 3. The minimum atomic E-state index is -4.70. The molecule has 0 bridgehead atoms. The van der Waals surface area contributed by atoms with E-state index in [9.17, 15) is 13.2 Å². The second-order valence-corrected chi connectivity index (χ2v) is 4.58. The molecule has 0 saturated carbocycles. The van der Waals surface area contributed by atoms with Crippen LogP contribution in [0.2, 0.25) is 0 Å². The third-order valence-electron chi connectivity index (χ3n) is 2.57. The summed E-state index contributed by atoms with van der Waals surface area (Å²) in [5, 5.41) is 3.11. The summed E-state index contributed by atoms with van der Waals surface area (Å²) in [5.74, 6) is -0.196. The van der Waals surface area contributed by atoms with E-state index in [2.05, 4.69) is 10.1 Å². The Morgan fingerprint density at radius 3 is 2.40 bits per heavy atom. The van der Waals surface area contributed by atoms with Gasteiger partial charge in [-0.2, -0.15) is 0 Å². The van der Waals surface area contributed by atoms with Gasteiger partial charge >= 0.3 is 6.36 Å². The Morgan fingerprint density at radius 1 is 1.20 bits per heavy atom. The van der Waals surface area contributed by atoms with Crippen molar-refractivity contribution in [2.45, 2.75) is 39.3 Å². The molecule has 6 heteroatoms. The highest BCUT2D eigenvalue weighted by molar-refractivity contribution is 5.36. The van der Waals surface area contributed by atoms with Gasteiger partial charge in [0.2, 0.25) is 0 Å². The number of nitrogens with one attached hydrogen (secondary N) is 1. The van der Waals surface area contributed by atoms with Crippen LogP contribution in [0.15, 0.2) is 24.3 Å². The van der Waals surface area contributed by atoms with Gasteiger partial charge in [-0.25, -0.2) is 0 Å². The van der Waals surface area contributed by atoms with Crippen LogP contribution in [0.25, 0.3) is 0 Å². The lowest BCUT2D eigenvalue weighted by molar-refractivity contribution is -0.275. The molecule has 1 N–H and O–H groups in total. The van der Waals surface area contributed by atoms with E-state index >= 15 is 0 Å². The van der Waals surface area contributed by atoms with Crippen molar-refractivity contribution in [2.24, 2.45) is 0 Å². The molecule has 0 aromatic heterocycles. The average Bonchev–Trinajstić information content (AvgIpc) is 2.33. The first kappa shape index (κ1) is 16.8. The third-order valence-corrected chi connectivity index (χ3v) is 2.57. The first-order chi connectivity index (χ1) is 9.33. The van der Waals surface area contributed by atoms with Crippen LogP contribution < -0.4 is 10.1 Å². The standard InChI is InChI=1S/C14H20F3NO2/c1-4-18-12(9-19-10(2)3)11-7-5-6-8-13(11)20-14(15,16)17/h5-8,10,12,18H,4,9H2,1-3H3. The Bertz CT molecular complexity index is 408. The van der Waals surface area contributed by atoms with Crippen molar-refractivity contribution in [1.82, 2.24) is 5.32 Å². The molecule has 0 aliphatic heterocycles. The quantitative estimate of drug-likeness (QED) is 0.831. The number of benzene rings is 1. The van der Waals surface area contributed by atoms with Gasteiger partial charge in [-0.05, 0) is 26.5 Å². The molecule has 0 spiro atoms. The molecule has 0 amide bonds. The number of para-hydroxylation sites is 1. The van der Waals surface area contributed by atoms with Crippen molar-refractivity contribution in [3.8, 4) is 5.75 Å². The molecule has 1 aromatic carbocycles. The molecule has 3 nitrogen and oxygen atoms in total. The first-order valence-electron chi connectivity index (χ1n) is 6.53. The maximum absolute atomic E-state index is 12.4. The summed E-state index contributed by atoms with van der Waals surface area (Å²) in [5.41, 5.74) is 0.437. The number of likely N-dealkylation sites (N-methyl/N-ethyl adjacent to an activating group) is 1. The summed E-state index contributed by atoms with van der Waals surface area (Å²) in [6, 6.07) is 5.76. The number of rotatable bonds is 7. The number of ether oxygens (including phenoxy) is 2. The Kier molecular flexibility index (Phi) is 6.29. The highest BCUT2D eigenvalue weighted by atomic mass is 19.4. The van der Waals surface area contributed by atoms with Crippen molar-refractivity contribution in [1.29, 1.82) is 0 Å². The van der Waals surface area contributed by atoms with E-state index in [0.29, 0.717) is 12.1 Å². The lowest BCUT2D eigenvalue weighted by atomic mass is 10.1. The minimum absolute atomic E-state index is 0.00635. The Morgan fingerprint density at radius 2 is 1.85 bits per heavy atom. The zero-order valence-electron chi connectivity index (χ0n) is 11.8.